The molecule has 1 N–H and O–H groups in total. The van der Waals surface area contributed by atoms with Crippen LogP contribution in [0.4, 0.5) is 4.39 Å². The van der Waals surface area contributed by atoms with Crippen molar-refractivity contribution in [2.24, 2.45) is 0 Å². The zero-order valence-corrected chi connectivity index (χ0v) is 14.7. The van der Waals surface area contributed by atoms with Crippen LogP contribution in [0, 0.1) is 5.82 Å². The van der Waals surface area contributed by atoms with Gasteiger partial charge in [0.25, 0.3) is 0 Å². The van der Waals surface area contributed by atoms with E-state index in [1.807, 2.05) is 24.3 Å². The van der Waals surface area contributed by atoms with Gasteiger partial charge in [-0.25, -0.2) is 4.39 Å². The molecule has 0 radical (unpaired) electrons. The number of carbonyl (C=O) groups excluding carboxylic acids is 1. The maximum absolute atomic E-state index is 12.9. The van der Waals surface area contributed by atoms with E-state index in [2.05, 4.69) is 15.5 Å². The van der Waals surface area contributed by atoms with Crippen LogP contribution < -0.4 is 5.32 Å². The van der Waals surface area contributed by atoms with E-state index >= 15 is 0 Å². The summed E-state index contributed by atoms with van der Waals surface area (Å²) in [5.74, 6) is 0.268. The highest BCUT2D eigenvalue weighted by molar-refractivity contribution is 6.30. The van der Waals surface area contributed by atoms with Gasteiger partial charge in [0, 0.05) is 30.0 Å². The highest BCUT2D eigenvalue weighted by atomic mass is 35.5. The Morgan fingerprint density at radius 3 is 2.50 bits per heavy atom. The molecule has 1 aromatic heterocycles. The van der Waals surface area contributed by atoms with Gasteiger partial charge in [-0.1, -0.05) is 23.7 Å². The summed E-state index contributed by atoms with van der Waals surface area (Å²) in [6.07, 6.45) is 1.34. The molecule has 1 amide bonds. The minimum absolute atomic E-state index is 0.0829. The molecule has 0 fully saturated rings. The number of nitrogens with zero attached hydrogens (tertiary/aromatic N) is 2. The summed E-state index contributed by atoms with van der Waals surface area (Å²) in [5, 5.41) is 11.4. The van der Waals surface area contributed by atoms with Crippen LogP contribution in [0.5, 0.6) is 0 Å². The van der Waals surface area contributed by atoms with Crippen molar-refractivity contribution in [3.63, 3.8) is 0 Å². The first-order chi connectivity index (χ1) is 12.6. The van der Waals surface area contributed by atoms with Crippen LogP contribution in [-0.2, 0) is 17.6 Å². The number of hydrogen-bond acceptors (Lipinski definition) is 4. The Kier molecular flexibility index (Phi) is 5.96. The number of aryl methyl sites for hydroxylation is 1. The summed E-state index contributed by atoms with van der Waals surface area (Å²) in [7, 11) is 0. The number of nitrogens with one attached hydrogen (secondary N) is 1. The average molecular weight is 374 g/mol. The van der Waals surface area contributed by atoms with E-state index in [4.69, 9.17) is 16.0 Å². The van der Waals surface area contributed by atoms with Crippen molar-refractivity contribution >= 4 is 17.5 Å². The first-order valence-electron chi connectivity index (χ1n) is 8.19. The van der Waals surface area contributed by atoms with Crippen LogP contribution in [0.3, 0.4) is 0 Å². The topological polar surface area (TPSA) is 68.0 Å². The second-order valence-electron chi connectivity index (χ2n) is 5.73. The van der Waals surface area contributed by atoms with Crippen LogP contribution >= 0.6 is 11.6 Å². The van der Waals surface area contributed by atoms with E-state index in [9.17, 15) is 9.18 Å². The first-order valence-corrected chi connectivity index (χ1v) is 8.57. The van der Waals surface area contributed by atoms with Crippen molar-refractivity contribution in [1.82, 2.24) is 15.5 Å². The number of rotatable bonds is 7. The van der Waals surface area contributed by atoms with Crippen LogP contribution in [0.2, 0.25) is 5.02 Å². The van der Waals surface area contributed by atoms with Gasteiger partial charge in [0.2, 0.25) is 17.7 Å². The smallest absolute Gasteiger partial charge is 0.247 e. The van der Waals surface area contributed by atoms with E-state index in [0.29, 0.717) is 35.3 Å². The van der Waals surface area contributed by atoms with Gasteiger partial charge in [0.15, 0.2) is 0 Å². The van der Waals surface area contributed by atoms with Gasteiger partial charge < -0.3 is 9.73 Å². The predicted octanol–water partition coefficient (Wildman–Crippen LogP) is 3.82. The number of halogens is 2. The van der Waals surface area contributed by atoms with E-state index in [1.165, 1.54) is 12.1 Å². The van der Waals surface area contributed by atoms with Crippen LogP contribution in [0.1, 0.15) is 17.9 Å². The summed E-state index contributed by atoms with van der Waals surface area (Å²) in [6.45, 7) is 0.547. The Morgan fingerprint density at radius 2 is 1.77 bits per heavy atom. The molecule has 7 heteroatoms. The molecular weight excluding hydrogens is 357 g/mol. The minimum atomic E-state index is -0.330. The molecule has 0 spiro atoms. The van der Waals surface area contributed by atoms with Crippen molar-refractivity contribution < 1.29 is 13.6 Å². The Labute approximate surface area is 155 Å². The molecule has 0 aliphatic carbocycles. The van der Waals surface area contributed by atoms with E-state index in [1.54, 1.807) is 12.1 Å². The fraction of sp³-hybridized carbons (Fsp3) is 0.211. The number of carbonyl (C=O) groups is 1. The summed E-state index contributed by atoms with van der Waals surface area (Å²) in [5.41, 5.74) is 1.74. The zero-order valence-electron chi connectivity index (χ0n) is 13.9. The summed E-state index contributed by atoms with van der Waals surface area (Å²) >= 11 is 5.84. The first kappa shape index (κ1) is 18.1. The molecule has 0 atom stereocenters. The molecule has 1 heterocycles. The third-order valence-electron chi connectivity index (χ3n) is 3.77. The van der Waals surface area contributed by atoms with Crippen LogP contribution in [-0.4, -0.2) is 22.6 Å². The fourth-order valence-corrected chi connectivity index (χ4v) is 2.50. The predicted molar refractivity (Wildman–Crippen MR) is 96.2 cm³/mol. The average Bonchev–Trinajstić information content (AvgIpc) is 3.11. The monoisotopic (exact) mass is 373 g/mol. The van der Waals surface area contributed by atoms with Gasteiger partial charge in [0.05, 0.1) is 0 Å². The molecule has 0 aliphatic rings. The number of amides is 1. The minimum Gasteiger partial charge on any atom is -0.421 e. The lowest BCUT2D eigenvalue weighted by Gasteiger charge is -2.04. The molecular formula is C19H17ClFN3O2. The molecule has 2 aromatic carbocycles. The number of aromatic nitrogens is 2. The Hall–Kier alpha value is -2.73. The summed E-state index contributed by atoms with van der Waals surface area (Å²) < 4.78 is 18.4. The molecule has 0 saturated heterocycles. The van der Waals surface area contributed by atoms with Crippen molar-refractivity contribution in [3.05, 3.63) is 70.8 Å². The zero-order chi connectivity index (χ0) is 18.4. The second kappa shape index (κ2) is 8.58. The Balaban J connectivity index is 1.43. The van der Waals surface area contributed by atoms with Crippen LogP contribution in [0.15, 0.2) is 52.9 Å². The molecule has 5 nitrogen and oxygen atoms in total. The fourth-order valence-electron chi connectivity index (χ4n) is 2.37. The van der Waals surface area contributed by atoms with Crippen molar-refractivity contribution in [2.75, 3.05) is 6.54 Å². The van der Waals surface area contributed by atoms with E-state index in [-0.39, 0.29) is 18.1 Å². The van der Waals surface area contributed by atoms with Crippen LogP contribution in [0.25, 0.3) is 11.5 Å². The third kappa shape index (κ3) is 5.13. The SMILES string of the molecule is O=C(CCc1nnc(-c2ccc(F)cc2)o1)NCCc1ccc(Cl)cc1. The molecule has 26 heavy (non-hydrogen) atoms. The molecule has 0 saturated carbocycles. The van der Waals surface area contributed by atoms with E-state index in [0.717, 1.165) is 12.0 Å². The van der Waals surface area contributed by atoms with Gasteiger partial charge in [-0.15, -0.1) is 10.2 Å². The maximum atomic E-state index is 12.9. The van der Waals surface area contributed by atoms with Gasteiger partial charge in [-0.2, -0.15) is 0 Å². The lowest BCUT2D eigenvalue weighted by atomic mass is 10.1. The van der Waals surface area contributed by atoms with E-state index < -0.39 is 0 Å². The lowest BCUT2D eigenvalue weighted by molar-refractivity contribution is -0.121. The quantitative estimate of drug-likeness (QED) is 0.683. The van der Waals surface area contributed by atoms with Crippen molar-refractivity contribution in [2.45, 2.75) is 19.3 Å². The number of hydrogen-bond donors (Lipinski definition) is 1. The Bertz CT molecular complexity index is 863. The normalized spacial score (nSPS) is 10.7. The standard InChI is InChI=1S/C19H17ClFN3O2/c20-15-5-1-13(2-6-15)11-12-22-17(25)9-10-18-23-24-19(26-18)14-3-7-16(21)8-4-14/h1-8H,9-12H2,(H,22,25). The second-order valence-corrected chi connectivity index (χ2v) is 6.17. The molecule has 3 rings (SSSR count). The molecule has 0 aliphatic heterocycles. The molecule has 0 unspecified atom stereocenters. The molecule has 134 valence electrons. The Morgan fingerprint density at radius 1 is 1.04 bits per heavy atom. The summed E-state index contributed by atoms with van der Waals surface area (Å²) in [6, 6.07) is 13.3. The third-order valence-corrected chi connectivity index (χ3v) is 4.03. The number of benzene rings is 2. The van der Waals surface area contributed by atoms with Gasteiger partial charge in [-0.3, -0.25) is 4.79 Å². The van der Waals surface area contributed by atoms with Gasteiger partial charge in [-0.05, 0) is 48.4 Å². The molecule has 0 bridgehead atoms. The highest BCUT2D eigenvalue weighted by Gasteiger charge is 2.10. The van der Waals surface area contributed by atoms with Gasteiger partial charge >= 0.3 is 0 Å². The summed E-state index contributed by atoms with van der Waals surface area (Å²) in [4.78, 5) is 11.9. The van der Waals surface area contributed by atoms with Crippen molar-refractivity contribution in [1.29, 1.82) is 0 Å². The molecule has 3 aromatic rings. The highest BCUT2D eigenvalue weighted by Crippen LogP contribution is 2.18. The largest absolute Gasteiger partial charge is 0.421 e. The van der Waals surface area contributed by atoms with Crippen molar-refractivity contribution in [3.8, 4) is 11.5 Å². The van der Waals surface area contributed by atoms with Gasteiger partial charge in [0.1, 0.15) is 5.82 Å². The maximum Gasteiger partial charge on any atom is 0.247 e. The lowest BCUT2D eigenvalue weighted by Crippen LogP contribution is -2.25.